The Bertz CT molecular complexity index is 1130. The van der Waals surface area contributed by atoms with Gasteiger partial charge in [0.15, 0.2) is 12.5 Å². The molecule has 0 aliphatic carbocycles. The number of aliphatic hydroxyl groups excluding tert-OH is 1. The molecule has 0 bridgehead atoms. The molecule has 190 valence electrons. The summed E-state index contributed by atoms with van der Waals surface area (Å²) in [5.74, 6) is 0.603. The molecule has 3 atom stereocenters. The fourth-order valence-corrected chi connectivity index (χ4v) is 4.86. The maximum absolute atomic E-state index is 12.1. The Morgan fingerprint density at radius 1 is 1.03 bits per heavy atom. The van der Waals surface area contributed by atoms with Crippen LogP contribution in [0.2, 0.25) is 0 Å². The van der Waals surface area contributed by atoms with E-state index in [4.69, 9.17) is 9.47 Å². The number of aliphatic hydroxyl groups is 1. The smallest absolute Gasteiger partial charge is 0.315 e. The monoisotopic (exact) mass is 509 g/mol. The van der Waals surface area contributed by atoms with Crippen LogP contribution in [0, 0.1) is 5.21 Å². The Labute approximate surface area is 215 Å². The van der Waals surface area contributed by atoms with Gasteiger partial charge in [-0.05, 0) is 29.7 Å². The molecular formula is C27H31N3O5S. The van der Waals surface area contributed by atoms with Gasteiger partial charge in [-0.15, -0.1) is 0 Å². The second kappa shape index (κ2) is 12.7. The van der Waals surface area contributed by atoms with Crippen molar-refractivity contribution in [2.24, 2.45) is 0 Å². The summed E-state index contributed by atoms with van der Waals surface area (Å²) in [7, 11) is 0. The second-order valence-electron chi connectivity index (χ2n) is 8.48. The van der Waals surface area contributed by atoms with Crippen molar-refractivity contribution in [3.63, 3.8) is 0 Å². The fourth-order valence-electron chi connectivity index (χ4n) is 3.92. The van der Waals surface area contributed by atoms with Crippen LogP contribution in [0.1, 0.15) is 48.0 Å². The number of urea groups is 1. The van der Waals surface area contributed by atoms with Crippen LogP contribution >= 0.6 is 11.8 Å². The first-order chi connectivity index (χ1) is 17.6. The number of thioether (sulfide) groups is 1. The van der Waals surface area contributed by atoms with Crippen LogP contribution in [0.25, 0.3) is 0 Å². The lowest BCUT2D eigenvalue weighted by molar-refractivity contribution is -0.645. The lowest BCUT2D eigenvalue weighted by atomic mass is 10.0. The zero-order valence-corrected chi connectivity index (χ0v) is 20.9. The van der Waals surface area contributed by atoms with E-state index in [0.717, 1.165) is 27.0 Å². The highest BCUT2D eigenvalue weighted by Gasteiger charge is 2.32. The normalized spacial score (nSPS) is 19.6. The van der Waals surface area contributed by atoms with Crippen LogP contribution in [0.3, 0.4) is 0 Å². The quantitative estimate of drug-likeness (QED) is 0.229. The van der Waals surface area contributed by atoms with E-state index in [1.54, 1.807) is 12.1 Å². The van der Waals surface area contributed by atoms with E-state index in [2.05, 4.69) is 10.6 Å². The summed E-state index contributed by atoms with van der Waals surface area (Å²) in [5.41, 5.74) is 3.70. The Balaban J connectivity index is 1.47. The SMILES string of the molecule is CCNC(=O)NCc1ccc(C2O[C@H](CSc3cccc[n+]3[O-])C[C@H](c3ccc(CO)cc3)O2)cc1. The number of nitrogens with zero attached hydrogens (tertiary/aromatic N) is 1. The molecule has 3 aromatic rings. The van der Waals surface area contributed by atoms with Gasteiger partial charge in [0.05, 0.1) is 18.8 Å². The topological polar surface area (TPSA) is 107 Å². The third-order valence-electron chi connectivity index (χ3n) is 5.86. The number of aromatic nitrogens is 1. The number of carbonyl (C=O) groups is 1. The predicted octanol–water partition coefficient (Wildman–Crippen LogP) is 3.97. The minimum atomic E-state index is -0.576. The maximum atomic E-state index is 12.1. The van der Waals surface area contributed by atoms with Gasteiger partial charge in [0, 0.05) is 43.0 Å². The molecule has 1 fully saturated rings. The number of nitrogens with one attached hydrogen (secondary N) is 2. The summed E-state index contributed by atoms with van der Waals surface area (Å²) < 4.78 is 13.6. The molecule has 9 heteroatoms. The average molecular weight is 510 g/mol. The lowest BCUT2D eigenvalue weighted by Gasteiger charge is -2.36. The zero-order valence-electron chi connectivity index (χ0n) is 20.1. The number of hydrogen-bond donors (Lipinski definition) is 3. The zero-order chi connectivity index (χ0) is 25.3. The van der Waals surface area contributed by atoms with E-state index in [0.29, 0.717) is 30.3 Å². The summed E-state index contributed by atoms with van der Waals surface area (Å²) >= 11 is 1.46. The van der Waals surface area contributed by atoms with Gasteiger partial charge in [0.2, 0.25) is 0 Å². The van der Waals surface area contributed by atoms with E-state index in [-0.39, 0.29) is 24.8 Å². The van der Waals surface area contributed by atoms with Gasteiger partial charge in [-0.3, -0.25) is 0 Å². The van der Waals surface area contributed by atoms with Crippen molar-refractivity contribution in [2.75, 3.05) is 12.3 Å². The Hall–Kier alpha value is -3.11. The van der Waals surface area contributed by atoms with Crippen LogP contribution in [-0.2, 0) is 22.6 Å². The first kappa shape index (κ1) is 26.0. The van der Waals surface area contributed by atoms with E-state index >= 15 is 0 Å². The number of carbonyl (C=O) groups excluding carboxylic acids is 1. The standard InChI is InChI=1S/C27H31N3O5S/c1-2-28-27(32)29-16-19-6-12-22(13-7-19)26-34-23(18-36-25-5-3-4-14-30(25)33)15-24(35-26)21-10-8-20(17-31)9-11-21/h3-14,23-24,26,31H,2,15-18H2,1H3,(H2,28,29,32)/t23-,24+,26?/m0/s1. The third-order valence-corrected chi connectivity index (χ3v) is 7.01. The maximum Gasteiger partial charge on any atom is 0.315 e. The molecule has 1 unspecified atom stereocenters. The van der Waals surface area contributed by atoms with Crippen LogP contribution in [0.15, 0.2) is 78.0 Å². The minimum absolute atomic E-state index is 0.00954. The van der Waals surface area contributed by atoms with Crippen molar-refractivity contribution in [3.8, 4) is 0 Å². The molecule has 2 heterocycles. The number of amides is 2. The molecule has 1 aliphatic heterocycles. The van der Waals surface area contributed by atoms with Gasteiger partial charge in [-0.2, -0.15) is 4.73 Å². The van der Waals surface area contributed by atoms with Crippen molar-refractivity contribution in [2.45, 2.75) is 50.0 Å². The lowest BCUT2D eigenvalue weighted by Crippen LogP contribution is -2.34. The molecule has 8 nitrogen and oxygen atoms in total. The van der Waals surface area contributed by atoms with Gasteiger partial charge in [0.25, 0.3) is 5.03 Å². The van der Waals surface area contributed by atoms with Gasteiger partial charge in [-0.1, -0.05) is 60.3 Å². The number of benzene rings is 2. The van der Waals surface area contributed by atoms with Crippen molar-refractivity contribution in [1.82, 2.24) is 10.6 Å². The molecule has 4 rings (SSSR count). The van der Waals surface area contributed by atoms with Gasteiger partial charge in [0.1, 0.15) is 0 Å². The summed E-state index contributed by atoms with van der Waals surface area (Å²) in [4.78, 5) is 11.7. The summed E-state index contributed by atoms with van der Waals surface area (Å²) in [6, 6.07) is 20.7. The highest BCUT2D eigenvalue weighted by Crippen LogP contribution is 2.39. The van der Waals surface area contributed by atoms with E-state index in [1.165, 1.54) is 18.0 Å². The summed E-state index contributed by atoms with van der Waals surface area (Å²) in [6.07, 6.45) is 1.21. The number of rotatable bonds is 9. The van der Waals surface area contributed by atoms with E-state index in [1.807, 2.05) is 61.5 Å². The Kier molecular flexibility index (Phi) is 9.18. The third kappa shape index (κ3) is 6.98. The molecular weight excluding hydrogens is 478 g/mol. The highest BCUT2D eigenvalue weighted by molar-refractivity contribution is 7.99. The number of hydrogen-bond acceptors (Lipinski definition) is 6. The van der Waals surface area contributed by atoms with Gasteiger partial charge < -0.3 is 30.4 Å². The molecule has 36 heavy (non-hydrogen) atoms. The molecule has 0 saturated carbocycles. The average Bonchev–Trinajstić information content (AvgIpc) is 2.92. The molecule has 0 spiro atoms. The van der Waals surface area contributed by atoms with Crippen molar-refractivity contribution in [3.05, 3.63) is 100 Å². The molecule has 1 saturated heterocycles. The van der Waals surface area contributed by atoms with Crippen LogP contribution in [0.5, 0.6) is 0 Å². The molecule has 0 radical (unpaired) electrons. The van der Waals surface area contributed by atoms with Gasteiger partial charge >= 0.3 is 6.03 Å². The number of pyridine rings is 1. The Morgan fingerprint density at radius 3 is 2.44 bits per heavy atom. The predicted molar refractivity (Wildman–Crippen MR) is 137 cm³/mol. The summed E-state index contributed by atoms with van der Waals surface area (Å²) in [5, 5.41) is 27.6. The van der Waals surface area contributed by atoms with E-state index < -0.39 is 6.29 Å². The molecule has 1 aliphatic rings. The molecule has 2 amide bonds. The largest absolute Gasteiger partial charge is 0.618 e. The first-order valence-electron chi connectivity index (χ1n) is 12.0. The van der Waals surface area contributed by atoms with Crippen molar-refractivity contribution in [1.29, 1.82) is 0 Å². The summed E-state index contributed by atoms with van der Waals surface area (Å²) in [6.45, 7) is 2.86. The van der Waals surface area contributed by atoms with Crippen molar-refractivity contribution >= 4 is 17.8 Å². The molecule has 1 aromatic heterocycles. The Morgan fingerprint density at radius 2 is 1.75 bits per heavy atom. The van der Waals surface area contributed by atoms with Crippen LogP contribution in [-0.4, -0.2) is 29.5 Å². The second-order valence-corrected chi connectivity index (χ2v) is 9.52. The van der Waals surface area contributed by atoms with E-state index in [9.17, 15) is 15.1 Å². The van der Waals surface area contributed by atoms with Crippen LogP contribution in [0.4, 0.5) is 4.79 Å². The number of ether oxygens (including phenoxy) is 2. The fraction of sp³-hybridized carbons (Fsp3) is 0.333. The van der Waals surface area contributed by atoms with Crippen molar-refractivity contribution < 1.29 is 24.1 Å². The van der Waals surface area contributed by atoms with Gasteiger partial charge in [-0.25, -0.2) is 4.79 Å². The first-order valence-corrected chi connectivity index (χ1v) is 13.0. The molecule has 2 aromatic carbocycles. The molecule has 3 N–H and O–H groups in total. The minimum Gasteiger partial charge on any atom is -0.618 e. The highest BCUT2D eigenvalue weighted by atomic mass is 32.2. The van der Waals surface area contributed by atoms with Crippen LogP contribution < -0.4 is 15.4 Å².